The van der Waals surface area contributed by atoms with Crippen LogP contribution in [0.4, 0.5) is 0 Å². The van der Waals surface area contributed by atoms with Crippen LogP contribution in [0.15, 0.2) is 0 Å². The van der Waals surface area contributed by atoms with Crippen molar-refractivity contribution in [2.24, 2.45) is 46.3 Å². The highest BCUT2D eigenvalue weighted by Crippen LogP contribution is 2.68. The van der Waals surface area contributed by atoms with Crippen molar-refractivity contribution < 1.29 is 4.79 Å². The minimum atomic E-state index is 0.379. The van der Waals surface area contributed by atoms with E-state index in [1.165, 1.54) is 64.2 Å². The minimum absolute atomic E-state index is 0.379. The topological polar surface area (TPSA) is 17.1 Å². The number of ketones is 1. The van der Waals surface area contributed by atoms with Gasteiger partial charge in [-0.1, -0.05) is 33.6 Å². The molecule has 0 heterocycles. The lowest BCUT2D eigenvalue weighted by Crippen LogP contribution is -2.53. The van der Waals surface area contributed by atoms with Crippen molar-refractivity contribution in [2.75, 3.05) is 0 Å². The molecule has 1 nitrogen and oxygen atoms in total. The maximum Gasteiger partial charge on any atom is 0.129 e. The smallest absolute Gasteiger partial charge is 0.129 e. The maximum atomic E-state index is 11.5. The number of hydrogen-bond acceptors (Lipinski definition) is 1. The first-order chi connectivity index (χ1) is 12.4. The van der Waals surface area contributed by atoms with Crippen LogP contribution in [0.25, 0.3) is 0 Å². The zero-order valence-corrected chi connectivity index (χ0v) is 17.9. The molecule has 0 saturated heterocycles. The van der Waals surface area contributed by atoms with E-state index < -0.39 is 0 Å². The van der Waals surface area contributed by atoms with Crippen LogP contribution in [0.5, 0.6) is 0 Å². The number of hydrogen-bond donors (Lipinski definition) is 0. The molecule has 4 fully saturated rings. The summed E-state index contributed by atoms with van der Waals surface area (Å²) in [5.74, 6) is 6.02. The molecule has 4 rings (SSSR count). The zero-order valence-electron chi connectivity index (χ0n) is 17.9. The van der Waals surface area contributed by atoms with E-state index in [2.05, 4.69) is 20.8 Å². The lowest BCUT2D eigenvalue weighted by Gasteiger charge is -2.61. The quantitative estimate of drug-likeness (QED) is 0.526. The molecule has 0 N–H and O–H groups in total. The van der Waals surface area contributed by atoms with Gasteiger partial charge in [-0.3, -0.25) is 0 Å². The van der Waals surface area contributed by atoms with Crippen molar-refractivity contribution in [3.05, 3.63) is 0 Å². The van der Waals surface area contributed by atoms with Gasteiger partial charge in [-0.15, -0.1) is 0 Å². The number of carbonyl (C=O) groups is 1. The minimum Gasteiger partial charge on any atom is -0.300 e. The van der Waals surface area contributed by atoms with Gasteiger partial charge in [-0.05, 0) is 111 Å². The van der Waals surface area contributed by atoms with Gasteiger partial charge in [-0.2, -0.15) is 0 Å². The molecule has 8 atom stereocenters. The third-order valence-electron chi connectivity index (χ3n) is 10.3. The molecule has 4 aliphatic carbocycles. The standard InChI is InChI=1S/C25H42O/c1-17(8-9-18(2)26)21-12-13-22-20-11-10-19-7-5-6-15-24(19,3)23(20)14-16-25(21,22)4/h17,19-23H,5-16H2,1-4H3/t17-,19?,20+,21-,22+,23+,24+,25-/m1/s1. The van der Waals surface area contributed by atoms with E-state index in [9.17, 15) is 4.79 Å². The Morgan fingerprint density at radius 1 is 0.923 bits per heavy atom. The van der Waals surface area contributed by atoms with Crippen LogP contribution in [0.1, 0.15) is 105 Å². The first-order valence-corrected chi connectivity index (χ1v) is 11.9. The van der Waals surface area contributed by atoms with E-state index in [0.717, 1.165) is 48.3 Å². The highest BCUT2D eigenvalue weighted by molar-refractivity contribution is 5.75. The van der Waals surface area contributed by atoms with Crippen molar-refractivity contribution in [1.82, 2.24) is 0 Å². The Bertz CT molecular complexity index is 538. The fourth-order valence-electron chi connectivity index (χ4n) is 8.90. The fourth-order valence-corrected chi connectivity index (χ4v) is 8.90. The average molecular weight is 359 g/mol. The summed E-state index contributed by atoms with van der Waals surface area (Å²) in [6, 6.07) is 0. The molecule has 4 aliphatic rings. The molecule has 0 aromatic rings. The van der Waals surface area contributed by atoms with E-state index in [4.69, 9.17) is 0 Å². The van der Waals surface area contributed by atoms with Crippen LogP contribution < -0.4 is 0 Å². The lowest BCUT2D eigenvalue weighted by atomic mass is 9.44. The molecule has 26 heavy (non-hydrogen) atoms. The Kier molecular flexibility index (Phi) is 5.06. The van der Waals surface area contributed by atoms with Crippen LogP contribution in [0, 0.1) is 46.3 Å². The van der Waals surface area contributed by atoms with Gasteiger partial charge in [0, 0.05) is 6.42 Å². The number of rotatable bonds is 4. The van der Waals surface area contributed by atoms with Gasteiger partial charge in [-0.25, -0.2) is 0 Å². The van der Waals surface area contributed by atoms with Crippen LogP contribution >= 0.6 is 0 Å². The van der Waals surface area contributed by atoms with Gasteiger partial charge in [0.2, 0.25) is 0 Å². The van der Waals surface area contributed by atoms with Gasteiger partial charge in [0.15, 0.2) is 0 Å². The average Bonchev–Trinajstić information content (AvgIpc) is 2.96. The summed E-state index contributed by atoms with van der Waals surface area (Å²) in [6.45, 7) is 9.57. The van der Waals surface area contributed by atoms with E-state index in [0.29, 0.717) is 16.6 Å². The molecule has 1 heteroatoms. The van der Waals surface area contributed by atoms with Crippen LogP contribution in [0.3, 0.4) is 0 Å². The van der Waals surface area contributed by atoms with Crippen molar-refractivity contribution >= 4 is 5.78 Å². The first-order valence-electron chi connectivity index (χ1n) is 11.9. The van der Waals surface area contributed by atoms with Crippen LogP contribution in [-0.4, -0.2) is 5.78 Å². The summed E-state index contributed by atoms with van der Waals surface area (Å²) in [5.41, 5.74) is 1.23. The molecule has 148 valence electrons. The molecular formula is C25H42O. The third-order valence-corrected chi connectivity index (χ3v) is 10.3. The predicted molar refractivity (Wildman–Crippen MR) is 109 cm³/mol. The molecule has 0 radical (unpaired) electrons. The van der Waals surface area contributed by atoms with E-state index in [-0.39, 0.29) is 0 Å². The number of carbonyl (C=O) groups excluding carboxylic acids is 1. The second-order valence-corrected chi connectivity index (χ2v) is 11.3. The Morgan fingerprint density at radius 2 is 1.69 bits per heavy atom. The van der Waals surface area contributed by atoms with Gasteiger partial charge in [0.1, 0.15) is 5.78 Å². The predicted octanol–water partition coefficient (Wildman–Crippen LogP) is 7.04. The Balaban J connectivity index is 1.52. The SMILES string of the molecule is CC(=O)CC[C@@H](C)[C@H]1CC[C@H]2[C@@H]3CCC4CCCC[C@]4(C)[C@H]3CC[C@]12C. The molecule has 1 unspecified atom stereocenters. The van der Waals surface area contributed by atoms with Crippen molar-refractivity contribution in [1.29, 1.82) is 0 Å². The second-order valence-electron chi connectivity index (χ2n) is 11.3. The van der Waals surface area contributed by atoms with E-state index >= 15 is 0 Å². The highest BCUT2D eigenvalue weighted by atomic mass is 16.1. The molecule has 0 aromatic carbocycles. The van der Waals surface area contributed by atoms with Crippen LogP contribution in [0.2, 0.25) is 0 Å². The molecule has 0 bridgehead atoms. The van der Waals surface area contributed by atoms with Crippen molar-refractivity contribution in [3.8, 4) is 0 Å². The lowest BCUT2D eigenvalue weighted by molar-refractivity contribution is -0.119. The Morgan fingerprint density at radius 3 is 2.46 bits per heavy atom. The summed E-state index contributed by atoms with van der Waals surface area (Å²) in [4.78, 5) is 11.5. The Labute approximate surface area is 162 Å². The summed E-state index contributed by atoms with van der Waals surface area (Å²) in [5, 5.41) is 0. The molecular weight excluding hydrogens is 316 g/mol. The van der Waals surface area contributed by atoms with Gasteiger partial charge < -0.3 is 4.79 Å². The van der Waals surface area contributed by atoms with Gasteiger partial charge >= 0.3 is 0 Å². The molecule has 0 aliphatic heterocycles. The molecule has 4 saturated carbocycles. The second kappa shape index (κ2) is 6.93. The normalized spacial score (nSPS) is 49.0. The van der Waals surface area contributed by atoms with Gasteiger partial charge in [0.25, 0.3) is 0 Å². The largest absolute Gasteiger partial charge is 0.300 e. The fraction of sp³-hybridized carbons (Fsp3) is 0.960. The van der Waals surface area contributed by atoms with E-state index in [1.807, 2.05) is 0 Å². The van der Waals surface area contributed by atoms with Gasteiger partial charge in [0.05, 0.1) is 0 Å². The summed E-state index contributed by atoms with van der Waals surface area (Å²) in [7, 11) is 0. The van der Waals surface area contributed by atoms with Crippen LogP contribution in [-0.2, 0) is 4.79 Å². The Hall–Kier alpha value is -0.330. The third kappa shape index (κ3) is 2.91. The van der Waals surface area contributed by atoms with Crippen molar-refractivity contribution in [2.45, 2.75) is 105 Å². The maximum absolute atomic E-state index is 11.5. The number of fused-ring (bicyclic) bond motifs is 5. The summed E-state index contributed by atoms with van der Waals surface area (Å²) in [6.07, 6.45) is 16.9. The van der Waals surface area contributed by atoms with Crippen molar-refractivity contribution in [3.63, 3.8) is 0 Å². The highest BCUT2D eigenvalue weighted by Gasteiger charge is 2.59. The molecule has 0 amide bonds. The number of Topliss-reactive ketones (excluding diaryl/α,β-unsaturated/α-hetero) is 1. The van der Waals surface area contributed by atoms with E-state index in [1.54, 1.807) is 6.92 Å². The molecule has 0 aromatic heterocycles. The summed E-state index contributed by atoms with van der Waals surface area (Å²) >= 11 is 0. The molecule has 0 spiro atoms. The zero-order chi connectivity index (χ0) is 18.5. The summed E-state index contributed by atoms with van der Waals surface area (Å²) < 4.78 is 0. The first kappa shape index (κ1) is 19.0. The monoisotopic (exact) mass is 358 g/mol.